The Hall–Kier alpha value is -3.05. The van der Waals surface area contributed by atoms with Crippen LogP contribution >= 0.6 is 11.6 Å². The Kier molecular flexibility index (Phi) is 9.84. The minimum Gasteiger partial charge on any atom is -0.345 e. The van der Waals surface area contributed by atoms with Crippen molar-refractivity contribution in [2.45, 2.75) is 71.0 Å². The molecule has 2 amide bonds. The SMILES string of the molecule is CCN(CC(=O)N(Cc1cccn1Cc1ccccc1Cl)C1CCCCC1)C(=O)CCc1ccccc1. The van der Waals surface area contributed by atoms with Crippen LogP contribution in [-0.2, 0) is 29.1 Å². The molecular formula is C31H38ClN3O2. The average Bonchev–Trinajstić information content (AvgIpc) is 3.37. The van der Waals surface area contributed by atoms with Crippen LogP contribution in [0.15, 0.2) is 72.9 Å². The van der Waals surface area contributed by atoms with E-state index in [0.717, 1.165) is 47.5 Å². The molecule has 2 aromatic carbocycles. The molecule has 0 radical (unpaired) electrons. The lowest BCUT2D eigenvalue weighted by Gasteiger charge is -2.36. The summed E-state index contributed by atoms with van der Waals surface area (Å²) in [5, 5.41) is 0.745. The predicted octanol–water partition coefficient (Wildman–Crippen LogP) is 6.33. The fraction of sp³-hybridized carbons (Fsp3) is 0.419. The number of halogens is 1. The second-order valence-corrected chi connectivity index (χ2v) is 10.3. The summed E-state index contributed by atoms with van der Waals surface area (Å²) in [6.45, 7) is 3.81. The lowest BCUT2D eigenvalue weighted by atomic mass is 9.94. The molecule has 0 aliphatic heterocycles. The first kappa shape index (κ1) is 27.0. The van der Waals surface area contributed by atoms with Gasteiger partial charge in [-0.05, 0) is 55.5 Å². The van der Waals surface area contributed by atoms with E-state index in [1.54, 1.807) is 4.90 Å². The number of hydrogen-bond donors (Lipinski definition) is 0. The van der Waals surface area contributed by atoms with Crippen LogP contribution in [0.4, 0.5) is 0 Å². The summed E-state index contributed by atoms with van der Waals surface area (Å²) in [6.07, 6.45) is 8.69. The van der Waals surface area contributed by atoms with Crippen LogP contribution in [0.5, 0.6) is 0 Å². The number of carbonyl (C=O) groups excluding carboxylic acids is 2. The van der Waals surface area contributed by atoms with Gasteiger partial charge >= 0.3 is 0 Å². The van der Waals surface area contributed by atoms with Crippen LogP contribution < -0.4 is 0 Å². The quantitative estimate of drug-likeness (QED) is 0.297. The highest BCUT2D eigenvalue weighted by atomic mass is 35.5. The Balaban J connectivity index is 1.46. The smallest absolute Gasteiger partial charge is 0.242 e. The molecule has 0 saturated heterocycles. The third kappa shape index (κ3) is 7.48. The van der Waals surface area contributed by atoms with Gasteiger partial charge < -0.3 is 14.4 Å². The molecule has 1 aromatic heterocycles. The zero-order valence-corrected chi connectivity index (χ0v) is 22.6. The maximum atomic E-state index is 13.7. The largest absolute Gasteiger partial charge is 0.345 e. The summed E-state index contributed by atoms with van der Waals surface area (Å²) in [5.74, 6) is 0.0673. The molecule has 37 heavy (non-hydrogen) atoms. The average molecular weight is 520 g/mol. The van der Waals surface area contributed by atoms with E-state index >= 15 is 0 Å². The topological polar surface area (TPSA) is 45.6 Å². The van der Waals surface area contributed by atoms with Gasteiger partial charge in [-0.1, -0.05) is 79.4 Å². The normalized spacial score (nSPS) is 13.9. The highest BCUT2D eigenvalue weighted by Gasteiger charge is 2.28. The standard InChI is InChI=1S/C31H38ClN3O2/c1-2-33(30(36)20-19-25-12-5-3-6-13-25)24-31(37)35(27-15-7-4-8-16-27)23-28-17-11-21-34(28)22-26-14-9-10-18-29(26)32/h3,5-6,9-14,17-18,21,27H,2,4,7-8,15-16,19-20,22-24H2,1H3. The number of aryl methyl sites for hydroxylation is 1. The summed E-state index contributed by atoms with van der Waals surface area (Å²) in [6, 6.07) is 22.2. The Bertz CT molecular complexity index is 1150. The van der Waals surface area contributed by atoms with Crippen LogP contribution in [-0.4, -0.2) is 45.3 Å². The van der Waals surface area contributed by atoms with Crippen LogP contribution in [0.25, 0.3) is 0 Å². The molecule has 0 spiro atoms. The minimum atomic E-state index is 0.0328. The monoisotopic (exact) mass is 519 g/mol. The molecule has 196 valence electrons. The fourth-order valence-corrected chi connectivity index (χ4v) is 5.43. The molecule has 0 atom stereocenters. The zero-order chi connectivity index (χ0) is 26.0. The van der Waals surface area contributed by atoms with Gasteiger partial charge in [0.25, 0.3) is 0 Å². The summed E-state index contributed by atoms with van der Waals surface area (Å²) >= 11 is 6.42. The number of hydrogen-bond acceptors (Lipinski definition) is 2. The molecular weight excluding hydrogens is 482 g/mol. The van der Waals surface area contributed by atoms with Crippen molar-refractivity contribution in [3.8, 4) is 0 Å². The summed E-state index contributed by atoms with van der Waals surface area (Å²) in [4.78, 5) is 30.5. The number of carbonyl (C=O) groups is 2. The van der Waals surface area contributed by atoms with E-state index in [0.29, 0.717) is 32.5 Å². The zero-order valence-electron chi connectivity index (χ0n) is 21.8. The number of amides is 2. The van der Waals surface area contributed by atoms with Gasteiger partial charge in [-0.2, -0.15) is 0 Å². The molecule has 1 saturated carbocycles. The highest BCUT2D eigenvalue weighted by molar-refractivity contribution is 6.31. The molecule has 0 bridgehead atoms. The van der Waals surface area contributed by atoms with Gasteiger partial charge in [-0.15, -0.1) is 0 Å². The van der Waals surface area contributed by atoms with Crippen LogP contribution in [0.2, 0.25) is 5.02 Å². The van der Waals surface area contributed by atoms with Crippen molar-refractivity contribution < 1.29 is 9.59 Å². The minimum absolute atomic E-state index is 0.0328. The number of nitrogens with zero attached hydrogens (tertiary/aromatic N) is 3. The molecule has 3 aromatic rings. The van der Waals surface area contributed by atoms with Gasteiger partial charge in [0.05, 0.1) is 13.1 Å². The first-order valence-corrected chi connectivity index (χ1v) is 13.9. The third-order valence-electron chi connectivity index (χ3n) is 7.42. The summed E-state index contributed by atoms with van der Waals surface area (Å²) in [5.41, 5.74) is 3.27. The van der Waals surface area contributed by atoms with Crippen molar-refractivity contribution in [2.75, 3.05) is 13.1 Å². The number of rotatable bonds is 11. The predicted molar refractivity (Wildman–Crippen MR) is 149 cm³/mol. The molecule has 5 nitrogen and oxygen atoms in total. The van der Waals surface area contributed by atoms with Gasteiger partial charge in [0.1, 0.15) is 0 Å². The van der Waals surface area contributed by atoms with Crippen LogP contribution in [0, 0.1) is 0 Å². The van der Waals surface area contributed by atoms with E-state index in [2.05, 4.69) is 10.6 Å². The van der Waals surface area contributed by atoms with E-state index in [1.807, 2.05) is 78.7 Å². The first-order valence-electron chi connectivity index (χ1n) is 13.5. The van der Waals surface area contributed by atoms with Crippen molar-refractivity contribution in [1.82, 2.24) is 14.4 Å². The maximum absolute atomic E-state index is 13.7. The third-order valence-corrected chi connectivity index (χ3v) is 7.79. The van der Waals surface area contributed by atoms with E-state index in [1.165, 1.54) is 6.42 Å². The second-order valence-electron chi connectivity index (χ2n) is 9.93. The van der Waals surface area contributed by atoms with Crippen molar-refractivity contribution in [1.29, 1.82) is 0 Å². The fourth-order valence-electron chi connectivity index (χ4n) is 5.23. The second kappa shape index (κ2) is 13.5. The molecule has 6 heteroatoms. The summed E-state index contributed by atoms with van der Waals surface area (Å²) < 4.78 is 2.17. The maximum Gasteiger partial charge on any atom is 0.242 e. The summed E-state index contributed by atoms with van der Waals surface area (Å²) in [7, 11) is 0. The van der Waals surface area contributed by atoms with Crippen LogP contribution in [0.3, 0.4) is 0 Å². The molecule has 1 aliphatic rings. The Morgan fingerprint density at radius 2 is 1.65 bits per heavy atom. The van der Waals surface area contributed by atoms with Gasteiger partial charge in [-0.3, -0.25) is 9.59 Å². The molecule has 0 unspecified atom stereocenters. The Labute approximate surface area is 226 Å². The first-order chi connectivity index (χ1) is 18.0. The number of likely N-dealkylation sites (N-methyl/N-ethyl adjacent to an activating group) is 1. The van der Waals surface area contributed by atoms with Crippen molar-refractivity contribution in [3.05, 3.63) is 94.8 Å². The van der Waals surface area contributed by atoms with Crippen molar-refractivity contribution in [2.24, 2.45) is 0 Å². The Morgan fingerprint density at radius 3 is 2.38 bits per heavy atom. The van der Waals surface area contributed by atoms with Gasteiger partial charge in [-0.25, -0.2) is 0 Å². The van der Waals surface area contributed by atoms with Gasteiger partial charge in [0.2, 0.25) is 11.8 Å². The Morgan fingerprint density at radius 1 is 0.919 bits per heavy atom. The lowest BCUT2D eigenvalue weighted by molar-refractivity contribution is -0.142. The molecule has 0 N–H and O–H groups in total. The van der Waals surface area contributed by atoms with E-state index in [9.17, 15) is 9.59 Å². The van der Waals surface area contributed by atoms with Crippen molar-refractivity contribution >= 4 is 23.4 Å². The van der Waals surface area contributed by atoms with Crippen molar-refractivity contribution in [3.63, 3.8) is 0 Å². The van der Waals surface area contributed by atoms with E-state index < -0.39 is 0 Å². The van der Waals surface area contributed by atoms with E-state index in [4.69, 9.17) is 11.6 Å². The molecule has 1 heterocycles. The number of aromatic nitrogens is 1. The van der Waals surface area contributed by atoms with E-state index in [-0.39, 0.29) is 24.4 Å². The van der Waals surface area contributed by atoms with Gasteiger partial charge in [0.15, 0.2) is 0 Å². The van der Waals surface area contributed by atoms with Crippen LogP contribution in [0.1, 0.15) is 62.3 Å². The molecule has 1 fully saturated rings. The van der Waals surface area contributed by atoms with Gasteiger partial charge in [0, 0.05) is 42.5 Å². The molecule has 1 aliphatic carbocycles. The highest BCUT2D eigenvalue weighted by Crippen LogP contribution is 2.25. The lowest BCUT2D eigenvalue weighted by Crippen LogP contribution is -2.47. The number of benzene rings is 2. The molecule has 4 rings (SSSR count).